The topological polar surface area (TPSA) is 50.9 Å². The van der Waals surface area contributed by atoms with E-state index in [9.17, 15) is 0 Å². The van der Waals surface area contributed by atoms with Gasteiger partial charge in [-0.1, -0.05) is 12.1 Å². The summed E-state index contributed by atoms with van der Waals surface area (Å²) in [7, 11) is 2.09. The molecule has 1 aliphatic carbocycles. The van der Waals surface area contributed by atoms with Gasteiger partial charge in [-0.05, 0) is 36.5 Å². The Morgan fingerprint density at radius 1 is 1.44 bits per heavy atom. The SMILES string of the molecule is CN(CC1COC(N)=N1)c1cccc(C2CC2)c1. The van der Waals surface area contributed by atoms with Gasteiger partial charge in [0.1, 0.15) is 12.6 Å². The quantitative estimate of drug-likeness (QED) is 0.878. The second kappa shape index (κ2) is 4.52. The smallest absolute Gasteiger partial charge is 0.282 e. The molecule has 1 aliphatic heterocycles. The van der Waals surface area contributed by atoms with Gasteiger partial charge in [0, 0.05) is 19.3 Å². The van der Waals surface area contributed by atoms with Crippen molar-refractivity contribution in [1.29, 1.82) is 0 Å². The van der Waals surface area contributed by atoms with E-state index in [2.05, 4.69) is 41.2 Å². The van der Waals surface area contributed by atoms with Crippen LogP contribution < -0.4 is 10.6 Å². The fourth-order valence-electron chi connectivity index (χ4n) is 2.38. The second-order valence-corrected chi connectivity index (χ2v) is 5.18. The molecule has 1 aromatic rings. The molecule has 0 spiro atoms. The minimum atomic E-state index is 0.152. The zero-order chi connectivity index (χ0) is 12.5. The van der Waals surface area contributed by atoms with Gasteiger partial charge in [0.25, 0.3) is 6.02 Å². The molecule has 0 bridgehead atoms. The van der Waals surface area contributed by atoms with Crippen LogP contribution in [0.25, 0.3) is 0 Å². The molecule has 1 atom stereocenters. The molecule has 0 saturated heterocycles. The van der Waals surface area contributed by atoms with Gasteiger partial charge in [-0.2, -0.15) is 0 Å². The fourth-order valence-corrected chi connectivity index (χ4v) is 2.38. The van der Waals surface area contributed by atoms with Crippen molar-refractivity contribution in [3.8, 4) is 0 Å². The summed E-state index contributed by atoms with van der Waals surface area (Å²) >= 11 is 0. The summed E-state index contributed by atoms with van der Waals surface area (Å²) in [5, 5.41) is 0. The van der Waals surface area contributed by atoms with E-state index >= 15 is 0 Å². The standard InChI is InChI=1S/C14H19N3O/c1-17(8-12-9-18-14(15)16-12)13-4-2-3-11(7-13)10-5-6-10/h2-4,7,10,12H,5-6,8-9H2,1H3,(H2,15,16). The van der Waals surface area contributed by atoms with Crippen molar-refractivity contribution in [3.05, 3.63) is 29.8 Å². The average Bonchev–Trinajstić information content (AvgIpc) is 3.14. The molecule has 0 radical (unpaired) electrons. The monoisotopic (exact) mass is 245 g/mol. The maximum atomic E-state index is 5.52. The van der Waals surface area contributed by atoms with Crippen molar-refractivity contribution in [2.75, 3.05) is 25.1 Å². The molecule has 0 amide bonds. The van der Waals surface area contributed by atoms with E-state index in [0.717, 1.165) is 12.5 Å². The molecule has 96 valence electrons. The highest BCUT2D eigenvalue weighted by Crippen LogP contribution is 2.40. The van der Waals surface area contributed by atoms with Crippen molar-refractivity contribution in [3.63, 3.8) is 0 Å². The predicted octanol–water partition coefficient (Wildman–Crippen LogP) is 1.71. The molecule has 3 rings (SSSR count). The Hall–Kier alpha value is -1.71. The van der Waals surface area contributed by atoms with Gasteiger partial charge < -0.3 is 15.4 Å². The number of benzene rings is 1. The summed E-state index contributed by atoms with van der Waals surface area (Å²) in [6, 6.07) is 9.28. The lowest BCUT2D eigenvalue weighted by Gasteiger charge is -2.21. The number of rotatable bonds is 4. The van der Waals surface area contributed by atoms with Crippen LogP contribution in [0.2, 0.25) is 0 Å². The van der Waals surface area contributed by atoms with Crippen LogP contribution in [0, 0.1) is 0 Å². The number of amidine groups is 1. The van der Waals surface area contributed by atoms with Gasteiger partial charge in [0.2, 0.25) is 0 Å². The number of nitrogens with zero attached hydrogens (tertiary/aromatic N) is 2. The molecule has 18 heavy (non-hydrogen) atoms. The average molecular weight is 245 g/mol. The molecule has 1 saturated carbocycles. The zero-order valence-electron chi connectivity index (χ0n) is 10.7. The first-order valence-electron chi connectivity index (χ1n) is 6.49. The first-order valence-corrected chi connectivity index (χ1v) is 6.49. The summed E-state index contributed by atoms with van der Waals surface area (Å²) in [6.07, 6.45) is 2.68. The van der Waals surface area contributed by atoms with Gasteiger partial charge in [-0.25, -0.2) is 4.99 Å². The molecule has 2 aliphatic rings. The first-order chi connectivity index (χ1) is 8.72. The van der Waals surface area contributed by atoms with Crippen molar-refractivity contribution < 1.29 is 4.74 Å². The Bertz CT molecular complexity index is 468. The van der Waals surface area contributed by atoms with Crippen LogP contribution in [0.3, 0.4) is 0 Å². The molecule has 1 fully saturated rings. The van der Waals surface area contributed by atoms with Crippen LogP contribution >= 0.6 is 0 Å². The van der Waals surface area contributed by atoms with Crippen molar-refractivity contribution in [2.24, 2.45) is 10.7 Å². The number of likely N-dealkylation sites (N-methyl/N-ethyl adjacent to an activating group) is 1. The van der Waals surface area contributed by atoms with Crippen molar-refractivity contribution >= 4 is 11.7 Å². The van der Waals surface area contributed by atoms with Gasteiger partial charge in [0.15, 0.2) is 0 Å². The van der Waals surface area contributed by atoms with E-state index in [-0.39, 0.29) is 6.04 Å². The van der Waals surface area contributed by atoms with E-state index < -0.39 is 0 Å². The molecule has 1 heterocycles. The van der Waals surface area contributed by atoms with Gasteiger partial charge in [0.05, 0.1) is 0 Å². The summed E-state index contributed by atoms with van der Waals surface area (Å²) in [5.41, 5.74) is 8.23. The number of aliphatic imine (C=N–C) groups is 1. The summed E-state index contributed by atoms with van der Waals surface area (Å²) in [6.45, 7) is 1.44. The normalized spacial score (nSPS) is 22.5. The number of hydrogen-bond donors (Lipinski definition) is 1. The fraction of sp³-hybridized carbons (Fsp3) is 0.500. The van der Waals surface area contributed by atoms with E-state index in [4.69, 9.17) is 10.5 Å². The largest absolute Gasteiger partial charge is 0.463 e. The van der Waals surface area contributed by atoms with E-state index in [0.29, 0.717) is 12.6 Å². The van der Waals surface area contributed by atoms with E-state index in [1.165, 1.54) is 24.1 Å². The molecule has 0 aromatic heterocycles. The second-order valence-electron chi connectivity index (χ2n) is 5.18. The maximum Gasteiger partial charge on any atom is 0.282 e. The maximum absolute atomic E-state index is 5.52. The molecule has 1 aromatic carbocycles. The van der Waals surface area contributed by atoms with E-state index in [1.807, 2.05) is 0 Å². The van der Waals surface area contributed by atoms with Crippen LogP contribution in [0.4, 0.5) is 5.69 Å². The zero-order valence-corrected chi connectivity index (χ0v) is 10.7. The Morgan fingerprint density at radius 2 is 2.28 bits per heavy atom. The lowest BCUT2D eigenvalue weighted by molar-refractivity contribution is 0.314. The molecule has 4 nitrogen and oxygen atoms in total. The molecule has 1 unspecified atom stereocenters. The van der Waals surface area contributed by atoms with Gasteiger partial charge in [-0.3, -0.25) is 0 Å². The lowest BCUT2D eigenvalue weighted by atomic mass is 10.1. The number of nitrogens with two attached hydrogens (primary N) is 1. The Labute approximate surface area is 107 Å². The highest BCUT2D eigenvalue weighted by molar-refractivity contribution is 5.73. The Balaban J connectivity index is 1.67. The minimum absolute atomic E-state index is 0.152. The molecular formula is C14H19N3O. The highest BCUT2D eigenvalue weighted by atomic mass is 16.5. The highest BCUT2D eigenvalue weighted by Gasteiger charge is 2.24. The summed E-state index contributed by atoms with van der Waals surface area (Å²) in [4.78, 5) is 6.48. The van der Waals surface area contributed by atoms with Crippen molar-refractivity contribution in [2.45, 2.75) is 24.8 Å². The van der Waals surface area contributed by atoms with Crippen LogP contribution in [-0.4, -0.2) is 32.3 Å². The van der Waals surface area contributed by atoms with Crippen LogP contribution in [-0.2, 0) is 4.74 Å². The molecular weight excluding hydrogens is 226 g/mol. The first kappa shape index (κ1) is 11.4. The third-order valence-electron chi connectivity index (χ3n) is 3.58. The van der Waals surface area contributed by atoms with Crippen LogP contribution in [0.5, 0.6) is 0 Å². The number of hydrogen-bond acceptors (Lipinski definition) is 4. The van der Waals surface area contributed by atoms with Gasteiger partial charge in [-0.15, -0.1) is 0 Å². The van der Waals surface area contributed by atoms with Gasteiger partial charge >= 0.3 is 0 Å². The lowest BCUT2D eigenvalue weighted by Crippen LogP contribution is -2.28. The third kappa shape index (κ3) is 2.42. The number of ether oxygens (including phenoxy) is 1. The molecule has 2 N–H and O–H groups in total. The molecule has 4 heteroatoms. The summed E-state index contributed by atoms with van der Waals surface area (Å²) < 4.78 is 5.18. The van der Waals surface area contributed by atoms with Crippen LogP contribution in [0.1, 0.15) is 24.3 Å². The van der Waals surface area contributed by atoms with Crippen LogP contribution in [0.15, 0.2) is 29.3 Å². The third-order valence-corrected chi connectivity index (χ3v) is 3.58. The number of anilines is 1. The van der Waals surface area contributed by atoms with Crippen molar-refractivity contribution in [1.82, 2.24) is 0 Å². The Kier molecular flexibility index (Phi) is 2.86. The van der Waals surface area contributed by atoms with E-state index in [1.54, 1.807) is 0 Å². The Morgan fingerprint density at radius 3 is 2.94 bits per heavy atom. The summed E-state index contributed by atoms with van der Waals surface area (Å²) in [5.74, 6) is 0.793. The minimum Gasteiger partial charge on any atom is -0.463 e. The predicted molar refractivity (Wildman–Crippen MR) is 73.0 cm³/mol.